The Morgan fingerprint density at radius 1 is 1.32 bits per heavy atom. The lowest BCUT2D eigenvalue weighted by Crippen LogP contribution is -2.38. The normalized spacial score (nSPS) is 12.2. The lowest BCUT2D eigenvalue weighted by Gasteiger charge is -2.16. The molecule has 0 fully saturated rings. The van der Waals surface area contributed by atoms with Crippen LogP contribution in [0.2, 0.25) is 0 Å². The van der Waals surface area contributed by atoms with Crippen molar-refractivity contribution in [2.24, 2.45) is 10.7 Å². The standard InChI is InChI=1S/C21H29N5O4S/c1-5-23-21(24-11-15-8-7-9-16(10-15)30-12-17(22)27)26-14(4)19-25-13(3)18(31-19)20(28)29-6-2/h7-10,14H,5-6,11-12H2,1-4H3,(H2,22,27)(H2,23,24,26). The van der Waals surface area contributed by atoms with Gasteiger partial charge in [-0.1, -0.05) is 12.1 Å². The minimum atomic E-state index is -0.528. The van der Waals surface area contributed by atoms with Crippen molar-refractivity contribution < 1.29 is 19.1 Å². The van der Waals surface area contributed by atoms with E-state index in [1.165, 1.54) is 11.3 Å². The summed E-state index contributed by atoms with van der Waals surface area (Å²) in [7, 11) is 0. The Morgan fingerprint density at radius 3 is 2.77 bits per heavy atom. The summed E-state index contributed by atoms with van der Waals surface area (Å²) in [6.07, 6.45) is 0. The first-order valence-electron chi connectivity index (χ1n) is 10.0. The van der Waals surface area contributed by atoms with E-state index in [0.29, 0.717) is 42.0 Å². The number of hydrogen-bond donors (Lipinski definition) is 3. The summed E-state index contributed by atoms with van der Waals surface area (Å²) in [5.41, 5.74) is 6.69. The van der Waals surface area contributed by atoms with E-state index in [1.54, 1.807) is 19.9 Å². The topological polar surface area (TPSA) is 128 Å². The number of nitrogens with one attached hydrogen (secondary N) is 2. The number of carbonyl (C=O) groups excluding carboxylic acids is 2. The van der Waals surface area contributed by atoms with Crippen LogP contribution >= 0.6 is 11.3 Å². The van der Waals surface area contributed by atoms with Gasteiger partial charge in [-0.25, -0.2) is 14.8 Å². The van der Waals surface area contributed by atoms with E-state index in [2.05, 4.69) is 20.6 Å². The van der Waals surface area contributed by atoms with Gasteiger partial charge in [0.15, 0.2) is 12.6 Å². The van der Waals surface area contributed by atoms with Crippen molar-refractivity contribution in [2.75, 3.05) is 19.8 Å². The van der Waals surface area contributed by atoms with Crippen molar-refractivity contribution in [3.63, 3.8) is 0 Å². The van der Waals surface area contributed by atoms with Gasteiger partial charge in [0.25, 0.3) is 5.91 Å². The van der Waals surface area contributed by atoms with Gasteiger partial charge in [0.05, 0.1) is 24.9 Å². The van der Waals surface area contributed by atoms with E-state index in [9.17, 15) is 9.59 Å². The molecule has 1 amide bonds. The predicted molar refractivity (Wildman–Crippen MR) is 120 cm³/mol. The zero-order valence-electron chi connectivity index (χ0n) is 18.2. The minimum absolute atomic E-state index is 0.157. The number of carbonyl (C=O) groups is 2. The molecule has 1 heterocycles. The molecule has 9 nitrogen and oxygen atoms in total. The van der Waals surface area contributed by atoms with Crippen LogP contribution in [-0.2, 0) is 16.1 Å². The first-order chi connectivity index (χ1) is 14.8. The molecule has 2 rings (SSSR count). The van der Waals surface area contributed by atoms with Crippen LogP contribution < -0.4 is 21.1 Å². The number of ether oxygens (including phenoxy) is 2. The van der Waals surface area contributed by atoms with Crippen LogP contribution in [0, 0.1) is 6.92 Å². The second-order valence-corrected chi connectivity index (χ2v) is 7.68. The number of hydrogen-bond acceptors (Lipinski definition) is 7. The van der Waals surface area contributed by atoms with Gasteiger partial charge in [0.2, 0.25) is 0 Å². The van der Waals surface area contributed by atoms with E-state index < -0.39 is 5.91 Å². The Bertz CT molecular complexity index is 928. The molecule has 0 aliphatic carbocycles. The minimum Gasteiger partial charge on any atom is -0.484 e. The number of amides is 1. The van der Waals surface area contributed by atoms with E-state index in [0.717, 1.165) is 10.6 Å². The van der Waals surface area contributed by atoms with Gasteiger partial charge in [-0.05, 0) is 45.4 Å². The number of nitrogens with zero attached hydrogens (tertiary/aromatic N) is 2. The SMILES string of the molecule is CCNC(=NCc1cccc(OCC(N)=O)c1)NC(C)c1nc(C)c(C(=O)OCC)s1. The highest BCUT2D eigenvalue weighted by Crippen LogP contribution is 2.24. The van der Waals surface area contributed by atoms with Crippen LogP contribution in [0.1, 0.15) is 52.7 Å². The van der Waals surface area contributed by atoms with Crippen LogP contribution in [-0.4, -0.2) is 42.6 Å². The van der Waals surface area contributed by atoms with Crippen molar-refractivity contribution in [3.05, 3.63) is 45.4 Å². The maximum atomic E-state index is 12.1. The average molecular weight is 448 g/mol. The molecule has 1 unspecified atom stereocenters. The predicted octanol–water partition coefficient (Wildman–Crippen LogP) is 2.31. The van der Waals surface area contributed by atoms with Crippen molar-refractivity contribution in [2.45, 2.75) is 40.3 Å². The second-order valence-electron chi connectivity index (χ2n) is 6.65. The number of thiazole rings is 1. The first-order valence-corrected chi connectivity index (χ1v) is 10.8. The van der Waals surface area contributed by atoms with Gasteiger partial charge < -0.3 is 25.8 Å². The Kier molecular flexibility index (Phi) is 9.26. The van der Waals surface area contributed by atoms with Gasteiger partial charge in [-0.15, -0.1) is 11.3 Å². The van der Waals surface area contributed by atoms with Gasteiger partial charge in [-0.3, -0.25) is 4.79 Å². The van der Waals surface area contributed by atoms with Crippen molar-refractivity contribution in [1.82, 2.24) is 15.6 Å². The van der Waals surface area contributed by atoms with Crippen LogP contribution in [0.15, 0.2) is 29.3 Å². The molecule has 31 heavy (non-hydrogen) atoms. The summed E-state index contributed by atoms with van der Waals surface area (Å²) in [6, 6.07) is 7.17. The third-order valence-corrected chi connectivity index (χ3v) is 5.36. The number of aliphatic imine (C=N–C) groups is 1. The summed E-state index contributed by atoms with van der Waals surface area (Å²) in [5.74, 6) is 0.293. The molecule has 0 spiro atoms. The fraction of sp³-hybridized carbons (Fsp3) is 0.429. The summed E-state index contributed by atoms with van der Waals surface area (Å²) in [4.78, 5) is 32.6. The molecule has 0 saturated heterocycles. The van der Waals surface area contributed by atoms with Gasteiger partial charge >= 0.3 is 5.97 Å². The zero-order valence-corrected chi connectivity index (χ0v) is 19.0. The number of aromatic nitrogens is 1. The molecule has 168 valence electrons. The maximum absolute atomic E-state index is 12.1. The number of aryl methyl sites for hydroxylation is 1. The number of nitrogens with two attached hydrogens (primary N) is 1. The summed E-state index contributed by atoms with van der Waals surface area (Å²) >= 11 is 1.31. The van der Waals surface area contributed by atoms with Crippen molar-refractivity contribution in [1.29, 1.82) is 0 Å². The third-order valence-electron chi connectivity index (χ3n) is 4.04. The van der Waals surface area contributed by atoms with E-state index in [1.807, 2.05) is 32.0 Å². The highest BCUT2D eigenvalue weighted by atomic mass is 32.1. The van der Waals surface area contributed by atoms with Crippen LogP contribution in [0.25, 0.3) is 0 Å². The second kappa shape index (κ2) is 11.9. The van der Waals surface area contributed by atoms with Crippen molar-refractivity contribution in [3.8, 4) is 5.75 Å². The molecule has 0 aliphatic rings. The molecular formula is C21H29N5O4S. The van der Waals surface area contributed by atoms with E-state index in [4.69, 9.17) is 15.2 Å². The molecular weight excluding hydrogens is 418 g/mol. The average Bonchev–Trinajstić information content (AvgIpc) is 3.13. The molecule has 2 aromatic rings. The molecule has 0 aliphatic heterocycles. The molecule has 0 radical (unpaired) electrons. The largest absolute Gasteiger partial charge is 0.484 e. The Balaban J connectivity index is 2.08. The molecule has 0 saturated carbocycles. The molecule has 0 bridgehead atoms. The van der Waals surface area contributed by atoms with E-state index in [-0.39, 0.29) is 18.6 Å². The number of guanidine groups is 1. The number of rotatable bonds is 10. The van der Waals surface area contributed by atoms with Gasteiger partial charge in [-0.2, -0.15) is 0 Å². The molecule has 4 N–H and O–H groups in total. The summed E-state index contributed by atoms with van der Waals surface area (Å²) in [6.45, 7) is 8.75. The summed E-state index contributed by atoms with van der Waals surface area (Å²) in [5, 5.41) is 7.29. The first kappa shape index (κ1) is 24.1. The van der Waals surface area contributed by atoms with Crippen LogP contribution in [0.4, 0.5) is 0 Å². The fourth-order valence-corrected chi connectivity index (χ4v) is 3.60. The zero-order chi connectivity index (χ0) is 22.8. The summed E-state index contributed by atoms with van der Waals surface area (Å²) < 4.78 is 10.4. The molecule has 1 aromatic heterocycles. The quantitative estimate of drug-likeness (QED) is 0.290. The fourth-order valence-electron chi connectivity index (χ4n) is 2.63. The molecule has 10 heteroatoms. The Hall–Kier alpha value is -3.14. The molecule has 1 atom stereocenters. The monoisotopic (exact) mass is 447 g/mol. The highest BCUT2D eigenvalue weighted by Gasteiger charge is 2.20. The molecule has 1 aromatic carbocycles. The maximum Gasteiger partial charge on any atom is 0.350 e. The van der Waals surface area contributed by atoms with Gasteiger partial charge in [0, 0.05) is 6.54 Å². The smallest absolute Gasteiger partial charge is 0.350 e. The van der Waals surface area contributed by atoms with Crippen molar-refractivity contribution >= 4 is 29.2 Å². The number of esters is 1. The lowest BCUT2D eigenvalue weighted by atomic mass is 10.2. The van der Waals surface area contributed by atoms with Crippen LogP contribution in [0.5, 0.6) is 5.75 Å². The van der Waals surface area contributed by atoms with E-state index >= 15 is 0 Å². The highest BCUT2D eigenvalue weighted by molar-refractivity contribution is 7.13. The number of primary amides is 1. The lowest BCUT2D eigenvalue weighted by molar-refractivity contribution is -0.119. The Labute approximate surface area is 186 Å². The van der Waals surface area contributed by atoms with Gasteiger partial charge in [0.1, 0.15) is 15.6 Å². The Morgan fingerprint density at radius 2 is 2.10 bits per heavy atom. The third kappa shape index (κ3) is 7.56. The number of benzene rings is 1. The van der Waals surface area contributed by atoms with Crippen LogP contribution in [0.3, 0.4) is 0 Å².